The van der Waals surface area contributed by atoms with E-state index in [4.69, 9.17) is 25.6 Å². The molecular formula is C19H28BN3O7. The largest absolute Gasteiger partial charge is 0.535 e. The molecule has 164 valence electrons. The van der Waals surface area contributed by atoms with Crippen LogP contribution in [0.2, 0.25) is 6.32 Å². The molecule has 2 atom stereocenters. The predicted molar refractivity (Wildman–Crippen MR) is 109 cm³/mol. The Morgan fingerprint density at radius 3 is 2.77 bits per heavy atom. The molecule has 0 aromatic heterocycles. The van der Waals surface area contributed by atoms with E-state index < -0.39 is 13.1 Å². The van der Waals surface area contributed by atoms with Crippen molar-refractivity contribution in [3.05, 3.63) is 23.3 Å². The number of likely N-dealkylation sites (tertiary alicyclic amines) is 1. The highest BCUT2D eigenvalue weighted by Crippen LogP contribution is 2.37. The summed E-state index contributed by atoms with van der Waals surface area (Å²) in [5.41, 5.74) is 12.2. The number of fused-ring (bicyclic) bond motifs is 1. The SMILES string of the molecule is COC(CN)[C@H](N)CCC(=O)N1CC(Oc2ccc3c(c2C(=O)O)OB(O)CC3)C1. The lowest BCUT2D eigenvalue weighted by Crippen LogP contribution is -2.56. The molecule has 1 aromatic carbocycles. The number of carbonyl (C=O) groups is 2. The molecule has 0 bridgehead atoms. The number of amides is 1. The Balaban J connectivity index is 1.55. The number of nitrogens with zero attached hydrogens (tertiary/aromatic N) is 1. The summed E-state index contributed by atoms with van der Waals surface area (Å²) in [6, 6.07) is 3.03. The van der Waals surface area contributed by atoms with E-state index in [2.05, 4.69) is 0 Å². The van der Waals surface area contributed by atoms with Crippen LogP contribution in [0.3, 0.4) is 0 Å². The van der Waals surface area contributed by atoms with Gasteiger partial charge < -0.3 is 40.6 Å². The van der Waals surface area contributed by atoms with Crippen LogP contribution in [0.4, 0.5) is 0 Å². The number of aromatic carboxylic acids is 1. The molecule has 2 aliphatic heterocycles. The summed E-state index contributed by atoms with van der Waals surface area (Å²) < 4.78 is 16.4. The predicted octanol–water partition coefficient (Wildman–Crippen LogP) is -0.529. The van der Waals surface area contributed by atoms with Gasteiger partial charge in [0.2, 0.25) is 5.91 Å². The summed E-state index contributed by atoms with van der Waals surface area (Å²) in [6.45, 7) is 1.01. The highest BCUT2D eigenvalue weighted by molar-refractivity contribution is 6.44. The van der Waals surface area contributed by atoms with Gasteiger partial charge in [0.25, 0.3) is 0 Å². The van der Waals surface area contributed by atoms with Crippen molar-refractivity contribution in [1.29, 1.82) is 0 Å². The van der Waals surface area contributed by atoms with Crippen molar-refractivity contribution in [2.75, 3.05) is 26.7 Å². The zero-order valence-electron chi connectivity index (χ0n) is 17.0. The van der Waals surface area contributed by atoms with Crippen LogP contribution in [0.15, 0.2) is 12.1 Å². The second-order valence-electron chi connectivity index (χ2n) is 7.59. The van der Waals surface area contributed by atoms with Crippen LogP contribution in [0, 0.1) is 0 Å². The van der Waals surface area contributed by atoms with Crippen molar-refractivity contribution in [3.63, 3.8) is 0 Å². The Morgan fingerprint density at radius 2 is 2.13 bits per heavy atom. The maximum atomic E-state index is 12.3. The van der Waals surface area contributed by atoms with E-state index in [1.807, 2.05) is 0 Å². The van der Waals surface area contributed by atoms with Crippen LogP contribution in [0.25, 0.3) is 0 Å². The van der Waals surface area contributed by atoms with E-state index in [1.54, 1.807) is 17.0 Å². The summed E-state index contributed by atoms with van der Waals surface area (Å²) >= 11 is 0. The fourth-order valence-corrected chi connectivity index (χ4v) is 3.69. The number of benzene rings is 1. The van der Waals surface area contributed by atoms with Crippen LogP contribution in [-0.4, -0.2) is 79.0 Å². The van der Waals surface area contributed by atoms with Crippen LogP contribution in [0.1, 0.15) is 28.8 Å². The standard InChI is InChI=1S/C19H28BN3O7/c1-28-15(8-21)13(22)3-5-16(24)23-9-12(10-23)29-14-4-2-11-6-7-20(27)30-18(11)17(14)19(25)26/h2,4,12-13,15,27H,3,5-10,21-22H2,1H3,(H,25,26)/t13-,15?/m1/s1. The summed E-state index contributed by atoms with van der Waals surface area (Å²) in [7, 11) is 0.500. The first-order valence-corrected chi connectivity index (χ1v) is 10.0. The molecule has 10 nitrogen and oxygen atoms in total. The summed E-state index contributed by atoms with van der Waals surface area (Å²) in [5, 5.41) is 19.3. The van der Waals surface area contributed by atoms with Crippen LogP contribution < -0.4 is 20.9 Å². The van der Waals surface area contributed by atoms with Crippen LogP contribution in [0.5, 0.6) is 11.5 Å². The number of hydrogen-bond acceptors (Lipinski definition) is 8. The van der Waals surface area contributed by atoms with Gasteiger partial charge in [-0.25, -0.2) is 4.79 Å². The molecule has 30 heavy (non-hydrogen) atoms. The van der Waals surface area contributed by atoms with E-state index >= 15 is 0 Å². The fraction of sp³-hybridized carbons (Fsp3) is 0.579. The lowest BCUT2D eigenvalue weighted by molar-refractivity contribution is -0.140. The van der Waals surface area contributed by atoms with Crippen LogP contribution >= 0.6 is 0 Å². The number of carbonyl (C=O) groups excluding carboxylic acids is 1. The summed E-state index contributed by atoms with van der Waals surface area (Å²) in [5.74, 6) is -0.926. The zero-order valence-corrected chi connectivity index (χ0v) is 17.0. The first-order valence-electron chi connectivity index (χ1n) is 10.0. The van der Waals surface area contributed by atoms with Crippen molar-refractivity contribution in [2.45, 2.75) is 43.8 Å². The minimum Gasteiger partial charge on any atom is -0.535 e. The lowest BCUT2D eigenvalue weighted by Gasteiger charge is -2.39. The van der Waals surface area contributed by atoms with Gasteiger partial charge in [-0.3, -0.25) is 4.79 Å². The first kappa shape index (κ1) is 22.4. The highest BCUT2D eigenvalue weighted by atomic mass is 16.5. The molecule has 1 aromatic rings. The molecule has 1 saturated heterocycles. The minimum atomic E-state index is -1.19. The van der Waals surface area contributed by atoms with Crippen molar-refractivity contribution in [2.24, 2.45) is 11.5 Å². The van der Waals surface area contributed by atoms with Gasteiger partial charge in [-0.15, -0.1) is 0 Å². The topological polar surface area (TPSA) is 158 Å². The third-order valence-corrected chi connectivity index (χ3v) is 5.53. The molecule has 0 radical (unpaired) electrons. The van der Waals surface area contributed by atoms with Gasteiger partial charge in [-0.05, 0) is 30.8 Å². The van der Waals surface area contributed by atoms with Gasteiger partial charge in [0, 0.05) is 26.1 Å². The Labute approximate surface area is 175 Å². The van der Waals surface area contributed by atoms with Crippen molar-refractivity contribution in [1.82, 2.24) is 4.90 Å². The molecule has 11 heteroatoms. The van der Waals surface area contributed by atoms with E-state index in [1.165, 1.54) is 7.11 Å². The Kier molecular flexibility index (Phi) is 7.19. The molecule has 1 unspecified atom stereocenters. The zero-order chi connectivity index (χ0) is 21.8. The molecule has 6 N–H and O–H groups in total. The summed E-state index contributed by atoms with van der Waals surface area (Å²) in [4.78, 5) is 25.7. The number of nitrogens with two attached hydrogens (primary N) is 2. The Hall–Kier alpha value is -2.34. The molecule has 0 spiro atoms. The number of rotatable bonds is 9. The molecule has 1 fully saturated rings. The first-order chi connectivity index (χ1) is 14.3. The minimum absolute atomic E-state index is 0.0486. The maximum absolute atomic E-state index is 12.3. The highest BCUT2D eigenvalue weighted by Gasteiger charge is 2.35. The Morgan fingerprint density at radius 1 is 1.40 bits per heavy atom. The van der Waals surface area contributed by atoms with E-state index in [0.29, 0.717) is 38.8 Å². The average molecular weight is 421 g/mol. The number of carboxylic acids is 1. The molecular weight excluding hydrogens is 393 g/mol. The van der Waals surface area contributed by atoms with E-state index in [0.717, 1.165) is 5.56 Å². The van der Waals surface area contributed by atoms with E-state index in [-0.39, 0.29) is 47.6 Å². The lowest BCUT2D eigenvalue weighted by atomic mass is 9.78. The monoisotopic (exact) mass is 421 g/mol. The molecule has 1 amide bonds. The third kappa shape index (κ3) is 4.86. The molecule has 0 saturated carbocycles. The van der Waals surface area contributed by atoms with Gasteiger partial charge in [0.1, 0.15) is 23.2 Å². The van der Waals surface area contributed by atoms with Crippen molar-refractivity contribution in [3.8, 4) is 11.5 Å². The smallest absolute Gasteiger partial charge is 0.522 e. The van der Waals surface area contributed by atoms with Crippen molar-refractivity contribution >= 4 is 19.0 Å². The Bertz CT molecular complexity index is 784. The second kappa shape index (κ2) is 9.65. The van der Waals surface area contributed by atoms with Gasteiger partial charge in [0.05, 0.1) is 19.2 Å². The van der Waals surface area contributed by atoms with Crippen LogP contribution in [-0.2, 0) is 16.0 Å². The van der Waals surface area contributed by atoms with Crippen molar-refractivity contribution < 1.29 is 33.8 Å². The maximum Gasteiger partial charge on any atom is 0.522 e. The number of carboxylic acid groups (broad SMARTS) is 1. The molecule has 3 rings (SSSR count). The molecule has 2 aliphatic rings. The van der Waals surface area contributed by atoms with E-state index in [9.17, 15) is 19.7 Å². The molecule has 2 heterocycles. The normalized spacial score (nSPS) is 18.1. The average Bonchev–Trinajstić information content (AvgIpc) is 2.68. The third-order valence-electron chi connectivity index (χ3n) is 5.53. The van der Waals surface area contributed by atoms with Gasteiger partial charge in [-0.2, -0.15) is 0 Å². The number of methoxy groups -OCH3 is 1. The van der Waals surface area contributed by atoms with Gasteiger partial charge >= 0.3 is 13.1 Å². The number of hydrogen-bond donors (Lipinski definition) is 4. The fourth-order valence-electron chi connectivity index (χ4n) is 3.69. The van der Waals surface area contributed by atoms with Gasteiger partial charge in [0.15, 0.2) is 0 Å². The second-order valence-corrected chi connectivity index (χ2v) is 7.59. The number of aryl methyl sites for hydroxylation is 1. The van der Waals surface area contributed by atoms with Gasteiger partial charge in [-0.1, -0.05) is 6.07 Å². The quantitative estimate of drug-likeness (QED) is 0.385. The molecule has 0 aliphatic carbocycles. The number of ether oxygens (including phenoxy) is 2. The summed E-state index contributed by atoms with van der Waals surface area (Å²) in [6.07, 6.45) is 1.07.